The Hall–Kier alpha value is -2.81. The number of benzene rings is 1. The van der Waals surface area contributed by atoms with Crippen molar-refractivity contribution in [2.45, 2.75) is 6.92 Å². The number of imidazole rings is 2. The number of nitrogens with one attached hydrogen (secondary N) is 1. The smallest absolute Gasteiger partial charge is 0.354 e. The third kappa shape index (κ3) is 1.21. The molecule has 0 fully saturated rings. The molecule has 88 valence electrons. The minimum atomic E-state index is -1.03. The van der Waals surface area contributed by atoms with Gasteiger partial charge in [0.1, 0.15) is 0 Å². The minimum absolute atomic E-state index is 0.141. The van der Waals surface area contributed by atoms with Crippen LogP contribution < -0.4 is 0 Å². The number of hydrogen-bond acceptors (Lipinski definition) is 3. The molecule has 18 heavy (non-hydrogen) atoms. The Bertz CT molecular complexity index is 835. The summed E-state index contributed by atoms with van der Waals surface area (Å²) in [5.41, 5.74) is 2.42. The summed E-state index contributed by atoms with van der Waals surface area (Å²) in [6.07, 6.45) is 0. The van der Waals surface area contributed by atoms with Crippen molar-refractivity contribution < 1.29 is 9.90 Å². The Morgan fingerprint density at radius 1 is 1.56 bits per heavy atom. The van der Waals surface area contributed by atoms with Gasteiger partial charge in [0, 0.05) is 5.69 Å². The summed E-state index contributed by atoms with van der Waals surface area (Å²) in [6, 6.07) is 7.02. The number of nitrogens with zero attached hydrogens (tertiary/aromatic N) is 3. The molecular weight excluding hydrogens is 232 g/mol. The maximum absolute atomic E-state index is 11.3. The lowest BCUT2D eigenvalue weighted by atomic mass is 10.2. The first-order chi connectivity index (χ1) is 8.61. The molecule has 0 saturated heterocycles. The van der Waals surface area contributed by atoms with E-state index in [-0.39, 0.29) is 5.69 Å². The molecule has 2 heterocycles. The fraction of sp³-hybridized carbons (Fsp3) is 0.0833. The zero-order valence-corrected chi connectivity index (χ0v) is 9.43. The fourth-order valence-electron chi connectivity index (χ4n) is 2.11. The molecule has 3 aromatic rings. The Morgan fingerprint density at radius 2 is 2.33 bits per heavy atom. The molecule has 0 amide bonds. The van der Waals surface area contributed by atoms with Gasteiger partial charge in [0.2, 0.25) is 5.78 Å². The molecular formula is C12H8N4O2. The maximum Gasteiger partial charge on any atom is 0.354 e. The molecule has 0 unspecified atom stereocenters. The molecule has 0 radical (unpaired) electrons. The first-order valence-corrected chi connectivity index (χ1v) is 5.26. The largest absolute Gasteiger partial charge is 0.477 e. The van der Waals surface area contributed by atoms with Crippen LogP contribution in [0, 0.1) is 18.3 Å². The summed E-state index contributed by atoms with van der Waals surface area (Å²) in [4.78, 5) is 18.5. The molecule has 6 heteroatoms. The summed E-state index contributed by atoms with van der Waals surface area (Å²) < 4.78 is 1.52. The van der Waals surface area contributed by atoms with Gasteiger partial charge in [0.25, 0.3) is 0 Å². The molecule has 0 atom stereocenters. The van der Waals surface area contributed by atoms with Crippen molar-refractivity contribution in [1.29, 1.82) is 5.26 Å². The molecule has 0 bridgehead atoms. The van der Waals surface area contributed by atoms with E-state index in [2.05, 4.69) is 9.97 Å². The first-order valence-electron chi connectivity index (χ1n) is 5.26. The van der Waals surface area contributed by atoms with Crippen LogP contribution in [0.3, 0.4) is 0 Å². The number of rotatable bonds is 1. The Morgan fingerprint density at radius 3 is 3.00 bits per heavy atom. The van der Waals surface area contributed by atoms with Gasteiger partial charge in [0.15, 0.2) is 5.69 Å². The molecule has 0 saturated carbocycles. The molecule has 6 nitrogen and oxygen atoms in total. The Kier molecular flexibility index (Phi) is 1.92. The number of carboxylic acids is 1. The number of aromatic carboxylic acids is 1. The second-order valence-electron chi connectivity index (χ2n) is 3.99. The minimum Gasteiger partial charge on any atom is -0.477 e. The predicted molar refractivity (Wildman–Crippen MR) is 63.5 cm³/mol. The van der Waals surface area contributed by atoms with Crippen LogP contribution in [0.4, 0.5) is 0 Å². The van der Waals surface area contributed by atoms with Gasteiger partial charge in [-0.25, -0.2) is 9.78 Å². The van der Waals surface area contributed by atoms with Gasteiger partial charge in [0.05, 0.1) is 22.7 Å². The van der Waals surface area contributed by atoms with Crippen molar-refractivity contribution in [3.63, 3.8) is 0 Å². The van der Waals surface area contributed by atoms with E-state index < -0.39 is 5.97 Å². The average molecular weight is 240 g/mol. The number of nitriles is 1. The van der Waals surface area contributed by atoms with E-state index in [0.717, 1.165) is 0 Å². The van der Waals surface area contributed by atoms with Crippen LogP contribution in [-0.2, 0) is 0 Å². The van der Waals surface area contributed by atoms with Crippen LogP contribution in [0.25, 0.3) is 16.8 Å². The van der Waals surface area contributed by atoms with Crippen LogP contribution in [0.5, 0.6) is 0 Å². The molecule has 0 aliphatic heterocycles. The van der Waals surface area contributed by atoms with Gasteiger partial charge in [-0.2, -0.15) is 5.26 Å². The monoisotopic (exact) mass is 240 g/mol. The number of H-pyrrole nitrogens is 1. The number of carbonyl (C=O) groups is 1. The molecule has 2 aromatic heterocycles. The third-order valence-corrected chi connectivity index (χ3v) is 2.86. The van der Waals surface area contributed by atoms with Crippen molar-refractivity contribution in [3.05, 3.63) is 35.2 Å². The van der Waals surface area contributed by atoms with E-state index in [1.54, 1.807) is 25.1 Å². The second-order valence-corrected chi connectivity index (χ2v) is 3.99. The van der Waals surface area contributed by atoms with Crippen molar-refractivity contribution in [1.82, 2.24) is 14.4 Å². The quantitative estimate of drug-likeness (QED) is 0.676. The SMILES string of the molecule is Cc1[nH]c2nc3ccc(C#N)cc3n2c1C(=O)O. The summed E-state index contributed by atoms with van der Waals surface area (Å²) in [5.74, 6) is -0.560. The predicted octanol–water partition coefficient (Wildman–Crippen LogP) is 1.69. The summed E-state index contributed by atoms with van der Waals surface area (Å²) in [5, 5.41) is 18.1. The first kappa shape index (κ1) is 10.4. The molecule has 0 aliphatic carbocycles. The standard InChI is InChI=1S/C12H8N4O2/c1-6-10(11(17)18)16-9-4-7(5-13)2-3-8(9)15-12(16)14-6/h2-4H,1H3,(H,14,15)(H,17,18). The van der Waals surface area contributed by atoms with E-state index in [1.165, 1.54) is 4.40 Å². The number of aromatic nitrogens is 3. The Labute approximate surface area is 101 Å². The lowest BCUT2D eigenvalue weighted by molar-refractivity contribution is 0.0689. The van der Waals surface area contributed by atoms with Crippen LogP contribution in [0.2, 0.25) is 0 Å². The number of hydrogen-bond donors (Lipinski definition) is 2. The average Bonchev–Trinajstić information content (AvgIpc) is 2.82. The van der Waals surface area contributed by atoms with Crippen molar-refractivity contribution >= 4 is 22.8 Å². The highest BCUT2D eigenvalue weighted by atomic mass is 16.4. The highest BCUT2D eigenvalue weighted by Gasteiger charge is 2.18. The lowest BCUT2D eigenvalue weighted by Crippen LogP contribution is -2.03. The van der Waals surface area contributed by atoms with E-state index in [4.69, 9.17) is 5.26 Å². The topological polar surface area (TPSA) is 94.2 Å². The second kappa shape index (κ2) is 3.34. The van der Waals surface area contributed by atoms with Gasteiger partial charge < -0.3 is 10.1 Å². The van der Waals surface area contributed by atoms with Crippen LogP contribution in [-0.4, -0.2) is 25.4 Å². The zero-order chi connectivity index (χ0) is 12.9. The number of aromatic amines is 1. The summed E-state index contributed by atoms with van der Waals surface area (Å²) in [6.45, 7) is 1.68. The van der Waals surface area contributed by atoms with Gasteiger partial charge >= 0.3 is 5.97 Å². The highest BCUT2D eigenvalue weighted by molar-refractivity contribution is 5.92. The van der Waals surface area contributed by atoms with Crippen molar-refractivity contribution in [2.24, 2.45) is 0 Å². The number of fused-ring (bicyclic) bond motifs is 3. The molecule has 2 N–H and O–H groups in total. The third-order valence-electron chi connectivity index (χ3n) is 2.86. The van der Waals surface area contributed by atoms with Crippen LogP contribution >= 0.6 is 0 Å². The van der Waals surface area contributed by atoms with Gasteiger partial charge in [-0.1, -0.05) is 0 Å². The normalized spacial score (nSPS) is 10.9. The zero-order valence-electron chi connectivity index (χ0n) is 9.43. The van der Waals surface area contributed by atoms with E-state index in [9.17, 15) is 9.90 Å². The van der Waals surface area contributed by atoms with Gasteiger partial charge in [-0.05, 0) is 25.1 Å². The lowest BCUT2D eigenvalue weighted by Gasteiger charge is -1.96. The van der Waals surface area contributed by atoms with Crippen LogP contribution in [0.15, 0.2) is 18.2 Å². The summed E-state index contributed by atoms with van der Waals surface area (Å²) in [7, 11) is 0. The van der Waals surface area contributed by atoms with Crippen molar-refractivity contribution in [2.75, 3.05) is 0 Å². The van der Waals surface area contributed by atoms with E-state index in [0.29, 0.717) is 28.1 Å². The van der Waals surface area contributed by atoms with Crippen molar-refractivity contribution in [3.8, 4) is 6.07 Å². The number of aryl methyl sites for hydroxylation is 1. The number of carboxylic acid groups (broad SMARTS) is 1. The van der Waals surface area contributed by atoms with E-state index >= 15 is 0 Å². The van der Waals surface area contributed by atoms with Crippen LogP contribution in [0.1, 0.15) is 21.7 Å². The van der Waals surface area contributed by atoms with E-state index in [1.807, 2.05) is 6.07 Å². The van der Waals surface area contributed by atoms with Gasteiger partial charge in [-0.3, -0.25) is 4.40 Å². The molecule has 3 rings (SSSR count). The Balaban J connectivity index is 2.52. The molecule has 0 spiro atoms. The maximum atomic E-state index is 11.3. The molecule has 1 aromatic carbocycles. The highest BCUT2D eigenvalue weighted by Crippen LogP contribution is 2.21. The summed E-state index contributed by atoms with van der Waals surface area (Å²) >= 11 is 0. The van der Waals surface area contributed by atoms with Gasteiger partial charge in [-0.15, -0.1) is 0 Å². The molecule has 0 aliphatic rings. The fourth-order valence-corrected chi connectivity index (χ4v) is 2.11.